The topological polar surface area (TPSA) is 52.5 Å². The number of aromatic hydroxyl groups is 2. The van der Waals surface area contributed by atoms with Gasteiger partial charge in [-0.3, -0.25) is 0 Å². The van der Waals surface area contributed by atoms with Crippen molar-refractivity contribution in [2.75, 3.05) is 5.32 Å². The zero-order chi connectivity index (χ0) is 14.9. The molecule has 2 aromatic carbocycles. The average molecular weight is 344 g/mol. The van der Waals surface area contributed by atoms with Gasteiger partial charge >= 0.3 is 0 Å². The molecule has 0 saturated heterocycles. The van der Waals surface area contributed by atoms with Crippen molar-refractivity contribution >= 4 is 21.6 Å². The summed E-state index contributed by atoms with van der Waals surface area (Å²) in [5.41, 5.74) is 0.588. The molecule has 106 valence electrons. The van der Waals surface area contributed by atoms with E-state index in [-0.39, 0.29) is 21.7 Å². The van der Waals surface area contributed by atoms with Crippen LogP contribution in [0.5, 0.6) is 11.5 Å². The van der Waals surface area contributed by atoms with Crippen molar-refractivity contribution in [2.45, 2.75) is 13.0 Å². The first-order valence-electron chi connectivity index (χ1n) is 5.81. The standard InChI is InChI=1S/C14H12BrF2NO2/c1-7(10-3-2-9(19)6-13(10)20)18-14-11(15)4-8(16)5-12(14)17/h2-7,18-20H,1H3. The Morgan fingerprint density at radius 2 is 1.85 bits per heavy atom. The van der Waals surface area contributed by atoms with Crippen molar-refractivity contribution in [3.05, 3.63) is 52.0 Å². The Hall–Kier alpha value is -1.82. The van der Waals surface area contributed by atoms with E-state index in [4.69, 9.17) is 0 Å². The number of hydrogen-bond acceptors (Lipinski definition) is 3. The molecule has 0 aliphatic heterocycles. The van der Waals surface area contributed by atoms with Gasteiger partial charge in [-0.1, -0.05) is 0 Å². The van der Waals surface area contributed by atoms with Crippen molar-refractivity contribution in [2.24, 2.45) is 0 Å². The van der Waals surface area contributed by atoms with Crippen LogP contribution >= 0.6 is 15.9 Å². The van der Waals surface area contributed by atoms with Gasteiger partial charge in [0.25, 0.3) is 0 Å². The number of anilines is 1. The molecule has 6 heteroatoms. The minimum atomic E-state index is -0.734. The molecule has 20 heavy (non-hydrogen) atoms. The third kappa shape index (κ3) is 3.01. The highest BCUT2D eigenvalue weighted by atomic mass is 79.9. The van der Waals surface area contributed by atoms with Crippen LogP contribution in [0.15, 0.2) is 34.8 Å². The van der Waals surface area contributed by atoms with Gasteiger partial charge < -0.3 is 15.5 Å². The van der Waals surface area contributed by atoms with Crippen LogP contribution in [0.1, 0.15) is 18.5 Å². The van der Waals surface area contributed by atoms with E-state index in [2.05, 4.69) is 21.2 Å². The van der Waals surface area contributed by atoms with Crippen molar-refractivity contribution in [3.8, 4) is 11.5 Å². The summed E-state index contributed by atoms with van der Waals surface area (Å²) in [6.07, 6.45) is 0. The Labute approximate surface area is 123 Å². The number of hydrogen-bond donors (Lipinski definition) is 3. The van der Waals surface area contributed by atoms with Crippen molar-refractivity contribution in [3.63, 3.8) is 0 Å². The van der Waals surface area contributed by atoms with Gasteiger partial charge in [0.1, 0.15) is 23.1 Å². The molecule has 0 aliphatic carbocycles. The molecule has 0 aromatic heterocycles. The van der Waals surface area contributed by atoms with E-state index >= 15 is 0 Å². The lowest BCUT2D eigenvalue weighted by atomic mass is 10.1. The molecule has 3 N–H and O–H groups in total. The summed E-state index contributed by atoms with van der Waals surface area (Å²) in [6.45, 7) is 1.71. The molecule has 2 aromatic rings. The summed E-state index contributed by atoms with van der Waals surface area (Å²) >= 11 is 3.08. The van der Waals surface area contributed by atoms with Crippen LogP contribution in [0.3, 0.4) is 0 Å². The zero-order valence-corrected chi connectivity index (χ0v) is 12.1. The lowest BCUT2D eigenvalue weighted by Gasteiger charge is -2.18. The van der Waals surface area contributed by atoms with Gasteiger partial charge in [-0.05, 0) is 41.1 Å². The second-order valence-corrected chi connectivity index (χ2v) is 5.21. The molecule has 2 rings (SSSR count). The minimum Gasteiger partial charge on any atom is -0.508 e. The number of phenolic OH excluding ortho intramolecular Hbond substituents is 2. The molecule has 0 heterocycles. The van der Waals surface area contributed by atoms with Crippen LogP contribution < -0.4 is 5.32 Å². The van der Waals surface area contributed by atoms with Crippen molar-refractivity contribution < 1.29 is 19.0 Å². The molecule has 1 unspecified atom stereocenters. The van der Waals surface area contributed by atoms with E-state index in [1.54, 1.807) is 6.92 Å². The molecule has 0 amide bonds. The van der Waals surface area contributed by atoms with E-state index in [1.165, 1.54) is 18.2 Å². The van der Waals surface area contributed by atoms with Crippen LogP contribution in [0.25, 0.3) is 0 Å². The summed E-state index contributed by atoms with van der Waals surface area (Å²) < 4.78 is 27.0. The fourth-order valence-electron chi connectivity index (χ4n) is 1.87. The van der Waals surface area contributed by atoms with E-state index in [0.717, 1.165) is 12.1 Å². The predicted molar refractivity (Wildman–Crippen MR) is 75.9 cm³/mol. The Morgan fingerprint density at radius 1 is 1.15 bits per heavy atom. The van der Waals surface area contributed by atoms with E-state index < -0.39 is 17.7 Å². The third-order valence-corrected chi connectivity index (χ3v) is 3.47. The predicted octanol–water partition coefficient (Wildman–Crippen LogP) is 4.31. The molecule has 0 fully saturated rings. The Kier molecular flexibility index (Phi) is 4.13. The van der Waals surface area contributed by atoms with Gasteiger partial charge in [0, 0.05) is 22.2 Å². The van der Waals surface area contributed by atoms with E-state index in [0.29, 0.717) is 5.56 Å². The smallest absolute Gasteiger partial charge is 0.150 e. The maximum Gasteiger partial charge on any atom is 0.150 e. The Morgan fingerprint density at radius 3 is 2.45 bits per heavy atom. The summed E-state index contributed by atoms with van der Waals surface area (Å²) in [4.78, 5) is 0. The maximum absolute atomic E-state index is 13.7. The van der Waals surface area contributed by atoms with Gasteiger partial charge in [0.2, 0.25) is 0 Å². The van der Waals surface area contributed by atoms with E-state index in [1.807, 2.05) is 0 Å². The van der Waals surface area contributed by atoms with E-state index in [9.17, 15) is 19.0 Å². The van der Waals surface area contributed by atoms with Crippen LogP contribution in [0, 0.1) is 11.6 Å². The first-order valence-corrected chi connectivity index (χ1v) is 6.60. The summed E-state index contributed by atoms with van der Waals surface area (Å²) in [7, 11) is 0. The summed E-state index contributed by atoms with van der Waals surface area (Å²) in [5.74, 6) is -1.58. The molecular weight excluding hydrogens is 332 g/mol. The molecule has 0 aliphatic rings. The minimum absolute atomic E-state index is 0.0624. The van der Waals surface area contributed by atoms with Crippen molar-refractivity contribution in [1.29, 1.82) is 0 Å². The van der Waals surface area contributed by atoms with Crippen LogP contribution in [0.4, 0.5) is 14.5 Å². The largest absolute Gasteiger partial charge is 0.508 e. The fourth-order valence-corrected chi connectivity index (χ4v) is 2.40. The molecule has 0 radical (unpaired) electrons. The van der Waals surface area contributed by atoms with Crippen LogP contribution in [-0.2, 0) is 0 Å². The van der Waals surface area contributed by atoms with Crippen molar-refractivity contribution in [1.82, 2.24) is 0 Å². The molecule has 1 atom stereocenters. The Balaban J connectivity index is 2.30. The Bertz CT molecular complexity index is 626. The second-order valence-electron chi connectivity index (χ2n) is 4.35. The van der Waals surface area contributed by atoms with Gasteiger partial charge in [-0.15, -0.1) is 0 Å². The van der Waals surface area contributed by atoms with Crippen LogP contribution in [0.2, 0.25) is 0 Å². The molecule has 0 spiro atoms. The summed E-state index contributed by atoms with van der Waals surface area (Å²) in [5, 5.41) is 21.8. The second kappa shape index (κ2) is 5.66. The van der Waals surface area contributed by atoms with Gasteiger partial charge in [-0.2, -0.15) is 0 Å². The highest BCUT2D eigenvalue weighted by Crippen LogP contribution is 2.33. The SMILES string of the molecule is CC(Nc1c(F)cc(F)cc1Br)c1ccc(O)cc1O. The number of benzene rings is 2. The quantitative estimate of drug-likeness (QED) is 0.778. The average Bonchev–Trinajstić information content (AvgIpc) is 2.33. The van der Waals surface area contributed by atoms with Gasteiger partial charge in [0.15, 0.2) is 0 Å². The lowest BCUT2D eigenvalue weighted by Crippen LogP contribution is -2.09. The molecule has 3 nitrogen and oxygen atoms in total. The third-order valence-electron chi connectivity index (χ3n) is 2.85. The number of phenols is 2. The highest BCUT2D eigenvalue weighted by molar-refractivity contribution is 9.10. The van der Waals surface area contributed by atoms with Gasteiger partial charge in [-0.25, -0.2) is 8.78 Å². The first kappa shape index (κ1) is 14.6. The number of halogens is 3. The lowest BCUT2D eigenvalue weighted by molar-refractivity contribution is 0.444. The zero-order valence-electron chi connectivity index (χ0n) is 10.5. The molecule has 0 saturated carbocycles. The number of nitrogens with one attached hydrogen (secondary N) is 1. The monoisotopic (exact) mass is 343 g/mol. The molecule has 0 bridgehead atoms. The van der Waals surface area contributed by atoms with Gasteiger partial charge in [0.05, 0.1) is 11.7 Å². The summed E-state index contributed by atoms with van der Waals surface area (Å²) in [6, 6.07) is 5.63. The first-order chi connectivity index (χ1) is 9.38. The fraction of sp³-hybridized carbons (Fsp3) is 0.143. The normalized spacial score (nSPS) is 12.2. The number of rotatable bonds is 3. The molecular formula is C14H12BrF2NO2. The maximum atomic E-state index is 13.7. The van der Waals surface area contributed by atoms with Crippen LogP contribution in [-0.4, -0.2) is 10.2 Å². The highest BCUT2D eigenvalue weighted by Gasteiger charge is 2.15.